The zero-order valence-corrected chi connectivity index (χ0v) is 35.8. The first-order valence-electron chi connectivity index (χ1n) is 22.4. The molecular formula is C61H47N. The summed E-state index contributed by atoms with van der Waals surface area (Å²) in [7, 11) is 0. The van der Waals surface area contributed by atoms with E-state index in [0.717, 1.165) is 18.5 Å². The molecule has 1 nitrogen and oxygen atoms in total. The first-order valence-corrected chi connectivity index (χ1v) is 22.4. The van der Waals surface area contributed by atoms with Crippen molar-refractivity contribution in [3.63, 3.8) is 0 Å². The lowest BCUT2D eigenvalue weighted by atomic mass is 9.68. The first-order chi connectivity index (χ1) is 30.3. The average Bonchev–Trinajstić information content (AvgIpc) is 3.95. The van der Waals surface area contributed by atoms with Crippen LogP contribution in [0.1, 0.15) is 85.0 Å². The fourth-order valence-corrected chi connectivity index (χ4v) is 12.6. The second-order valence-corrected chi connectivity index (χ2v) is 19.1. The molecular weight excluding hydrogens is 747 g/mol. The van der Waals surface area contributed by atoms with Crippen LogP contribution in [0.15, 0.2) is 194 Å². The van der Waals surface area contributed by atoms with Gasteiger partial charge in [-0.15, -0.1) is 0 Å². The summed E-state index contributed by atoms with van der Waals surface area (Å²) in [5.74, 6) is 0. The molecule has 5 aliphatic carbocycles. The minimum absolute atomic E-state index is 0.0468. The molecule has 0 fully saturated rings. The van der Waals surface area contributed by atoms with Crippen molar-refractivity contribution in [1.82, 2.24) is 0 Å². The number of allylic oxidation sites excluding steroid dienone is 4. The van der Waals surface area contributed by atoms with E-state index >= 15 is 0 Å². The molecule has 5 aliphatic rings. The molecule has 0 amide bonds. The Hall–Kier alpha value is -6.96. The molecule has 296 valence electrons. The Morgan fingerprint density at radius 2 is 0.871 bits per heavy atom. The highest BCUT2D eigenvalue weighted by atomic mass is 15.1. The molecule has 1 heteroatoms. The maximum atomic E-state index is 2.55. The van der Waals surface area contributed by atoms with Gasteiger partial charge in [0.2, 0.25) is 0 Å². The van der Waals surface area contributed by atoms with Crippen LogP contribution < -0.4 is 4.90 Å². The van der Waals surface area contributed by atoms with E-state index in [1.807, 2.05) is 0 Å². The molecule has 0 aliphatic heterocycles. The Labute approximate surface area is 365 Å². The van der Waals surface area contributed by atoms with E-state index in [2.05, 4.69) is 221 Å². The second-order valence-electron chi connectivity index (χ2n) is 19.1. The van der Waals surface area contributed by atoms with Gasteiger partial charge in [0, 0.05) is 27.9 Å². The normalized spacial score (nSPS) is 18.4. The van der Waals surface area contributed by atoms with E-state index in [9.17, 15) is 0 Å². The van der Waals surface area contributed by atoms with Crippen LogP contribution in [0.2, 0.25) is 0 Å². The molecule has 1 unspecified atom stereocenters. The Morgan fingerprint density at radius 1 is 0.387 bits per heavy atom. The van der Waals surface area contributed by atoms with Crippen molar-refractivity contribution in [3.05, 3.63) is 238 Å². The van der Waals surface area contributed by atoms with Crippen molar-refractivity contribution in [3.8, 4) is 44.5 Å². The summed E-state index contributed by atoms with van der Waals surface area (Å²) < 4.78 is 0. The van der Waals surface area contributed by atoms with Gasteiger partial charge in [-0.1, -0.05) is 179 Å². The molecule has 1 atom stereocenters. The summed E-state index contributed by atoms with van der Waals surface area (Å²) in [5, 5.41) is 0. The van der Waals surface area contributed by atoms with Gasteiger partial charge in [0.15, 0.2) is 0 Å². The predicted octanol–water partition coefficient (Wildman–Crippen LogP) is 15.9. The van der Waals surface area contributed by atoms with E-state index in [-0.39, 0.29) is 16.2 Å². The van der Waals surface area contributed by atoms with Crippen molar-refractivity contribution < 1.29 is 0 Å². The maximum Gasteiger partial charge on any atom is 0.0689 e. The van der Waals surface area contributed by atoms with Crippen molar-refractivity contribution in [2.24, 2.45) is 0 Å². The molecule has 8 aromatic carbocycles. The smallest absolute Gasteiger partial charge is 0.0689 e. The van der Waals surface area contributed by atoms with Gasteiger partial charge in [-0.25, -0.2) is 0 Å². The molecule has 0 N–H and O–H groups in total. The lowest BCUT2D eigenvalue weighted by molar-refractivity contribution is 0.660. The standard InChI is InChI=1S/C61H47N/c1-59(2)51-23-11-9-20-49(51)58-42(21-15-27-55(58)59)38-28-30-39(31-29-38)62(40-32-34-47-43-16-5-10-22-50(43)60(3,4)56(47)36-40)41-33-35-48-46-19-8-14-26-54(46)61(57(48)37-41)52-24-12-6-17-44(52)45-18-7-13-25-53(45)61/h5-12,14-24,26-37H,13,25H2,1-4H3. The number of hydrogen-bond donors (Lipinski definition) is 0. The predicted molar refractivity (Wildman–Crippen MR) is 259 cm³/mol. The van der Waals surface area contributed by atoms with Gasteiger partial charge < -0.3 is 4.90 Å². The van der Waals surface area contributed by atoms with Gasteiger partial charge in [-0.05, 0) is 149 Å². The third-order valence-electron chi connectivity index (χ3n) is 15.4. The Kier molecular flexibility index (Phi) is 7.24. The summed E-state index contributed by atoms with van der Waals surface area (Å²) in [6, 6.07) is 67.2. The van der Waals surface area contributed by atoms with Crippen molar-refractivity contribution >= 4 is 22.6 Å². The minimum atomic E-state index is -0.340. The Morgan fingerprint density at radius 3 is 1.58 bits per heavy atom. The van der Waals surface area contributed by atoms with Gasteiger partial charge >= 0.3 is 0 Å². The van der Waals surface area contributed by atoms with Crippen molar-refractivity contribution in [2.45, 2.75) is 56.8 Å². The maximum absolute atomic E-state index is 2.55. The van der Waals surface area contributed by atoms with Crippen molar-refractivity contribution in [1.29, 1.82) is 0 Å². The van der Waals surface area contributed by atoms with Crippen molar-refractivity contribution in [2.75, 3.05) is 4.90 Å². The topological polar surface area (TPSA) is 3.24 Å². The number of rotatable bonds is 4. The van der Waals surface area contributed by atoms with Gasteiger partial charge in [-0.2, -0.15) is 0 Å². The van der Waals surface area contributed by atoms with Crippen LogP contribution in [-0.2, 0) is 16.2 Å². The molecule has 0 bridgehead atoms. The van der Waals surface area contributed by atoms with Crippen LogP contribution in [0.4, 0.5) is 17.1 Å². The van der Waals surface area contributed by atoms with Crippen LogP contribution in [0.3, 0.4) is 0 Å². The highest BCUT2D eigenvalue weighted by Gasteiger charge is 2.52. The molecule has 62 heavy (non-hydrogen) atoms. The van der Waals surface area contributed by atoms with E-state index in [1.54, 1.807) is 0 Å². The van der Waals surface area contributed by atoms with E-state index in [1.165, 1.54) is 112 Å². The lowest BCUT2D eigenvalue weighted by Gasteiger charge is -2.34. The number of benzene rings is 8. The van der Waals surface area contributed by atoms with E-state index in [4.69, 9.17) is 0 Å². The number of fused-ring (bicyclic) bond motifs is 15. The number of anilines is 3. The second kappa shape index (κ2) is 12.6. The fraction of sp³-hybridized carbons (Fsp3) is 0.148. The third kappa shape index (κ3) is 4.53. The van der Waals surface area contributed by atoms with Crippen LogP contribution in [0.5, 0.6) is 0 Å². The third-order valence-corrected chi connectivity index (χ3v) is 15.4. The number of hydrogen-bond acceptors (Lipinski definition) is 1. The molecule has 8 aromatic rings. The summed E-state index contributed by atoms with van der Waals surface area (Å²) in [5.41, 5.74) is 27.7. The van der Waals surface area contributed by atoms with Gasteiger partial charge in [0.05, 0.1) is 5.41 Å². The van der Waals surface area contributed by atoms with Gasteiger partial charge in [0.1, 0.15) is 0 Å². The SMILES string of the molecule is CC1(C)c2ccccc2-c2ccc(N(c3ccc(-c4cccc5c4-c4ccccc4C5(C)C)cc3)c3ccc4c(c3)C3(C5=C(C=CCC5)c5ccccc53)c3ccccc3-4)cc21. The highest BCUT2D eigenvalue weighted by molar-refractivity contribution is 5.99. The molecule has 13 rings (SSSR count). The van der Waals surface area contributed by atoms with Gasteiger partial charge in [-0.3, -0.25) is 0 Å². The largest absolute Gasteiger partial charge is 0.310 e. The van der Waals surface area contributed by atoms with Crippen LogP contribution in [0.25, 0.3) is 50.1 Å². The summed E-state index contributed by atoms with van der Waals surface area (Å²) >= 11 is 0. The van der Waals surface area contributed by atoms with Crippen LogP contribution in [0, 0.1) is 0 Å². The Balaban J connectivity index is 1.02. The summed E-state index contributed by atoms with van der Waals surface area (Å²) in [4.78, 5) is 2.52. The lowest BCUT2D eigenvalue weighted by Crippen LogP contribution is -2.28. The van der Waals surface area contributed by atoms with E-state index < -0.39 is 0 Å². The molecule has 0 aromatic heterocycles. The zero-order chi connectivity index (χ0) is 41.5. The van der Waals surface area contributed by atoms with E-state index in [0.29, 0.717) is 0 Å². The molecule has 0 heterocycles. The molecule has 0 saturated heterocycles. The molecule has 1 spiro atoms. The van der Waals surface area contributed by atoms with Crippen LogP contribution >= 0.6 is 0 Å². The average molecular weight is 794 g/mol. The zero-order valence-electron chi connectivity index (χ0n) is 35.8. The summed E-state index contributed by atoms with van der Waals surface area (Å²) in [6.07, 6.45) is 6.88. The highest BCUT2D eigenvalue weighted by Crippen LogP contribution is 2.64. The fourth-order valence-electron chi connectivity index (χ4n) is 12.6. The quantitative estimate of drug-likeness (QED) is 0.172. The minimum Gasteiger partial charge on any atom is -0.310 e. The monoisotopic (exact) mass is 793 g/mol. The molecule has 0 radical (unpaired) electrons. The number of nitrogens with zero attached hydrogens (tertiary/aromatic N) is 1. The van der Waals surface area contributed by atoms with Crippen LogP contribution in [-0.4, -0.2) is 0 Å². The Bertz CT molecular complexity index is 3300. The summed E-state index contributed by atoms with van der Waals surface area (Å²) in [6.45, 7) is 9.50. The first kappa shape index (κ1) is 35.8. The van der Waals surface area contributed by atoms with Gasteiger partial charge in [0.25, 0.3) is 0 Å². The molecule has 0 saturated carbocycles.